The third-order valence-electron chi connectivity index (χ3n) is 3.01. The topological polar surface area (TPSA) is 54.4 Å². The molecular formula is C12H16O3S. The first-order chi connectivity index (χ1) is 7.30. The lowest BCUT2D eigenvalue weighted by Crippen LogP contribution is -2.11. The molecule has 4 heteroatoms. The van der Waals surface area contributed by atoms with Gasteiger partial charge in [0.25, 0.3) is 0 Å². The Morgan fingerprint density at radius 2 is 2.00 bits per heavy atom. The van der Waals surface area contributed by atoms with Gasteiger partial charge in [0.05, 0.1) is 10.5 Å². The van der Waals surface area contributed by atoms with Crippen LogP contribution in [0.1, 0.15) is 24.0 Å². The van der Waals surface area contributed by atoms with Crippen molar-refractivity contribution in [1.29, 1.82) is 0 Å². The lowest BCUT2D eigenvalue weighted by Gasteiger charge is -2.10. The quantitative estimate of drug-likeness (QED) is 0.870. The standard InChI is InChI=1S/C12H16O3S/c1-9-3-4-10(8-12(13)5-6-12)7-11(9)16(2,14)15/h3-4,7,13H,5-6,8H2,1-2H3. The molecule has 88 valence electrons. The van der Waals surface area contributed by atoms with Gasteiger partial charge in [0.2, 0.25) is 0 Å². The van der Waals surface area contributed by atoms with Gasteiger partial charge in [-0.1, -0.05) is 12.1 Å². The number of aliphatic hydroxyl groups is 1. The Kier molecular flexibility index (Phi) is 2.59. The second kappa shape index (κ2) is 3.57. The lowest BCUT2D eigenvalue weighted by atomic mass is 10.1. The van der Waals surface area contributed by atoms with Crippen LogP contribution in [-0.2, 0) is 16.3 Å². The second-order valence-electron chi connectivity index (χ2n) is 4.77. The van der Waals surface area contributed by atoms with Crippen molar-refractivity contribution in [2.24, 2.45) is 0 Å². The maximum absolute atomic E-state index is 11.5. The predicted molar refractivity (Wildman–Crippen MR) is 62.2 cm³/mol. The van der Waals surface area contributed by atoms with Crippen LogP contribution >= 0.6 is 0 Å². The van der Waals surface area contributed by atoms with Crippen molar-refractivity contribution in [2.45, 2.75) is 36.7 Å². The summed E-state index contributed by atoms with van der Waals surface area (Å²) in [6.45, 7) is 1.78. The average molecular weight is 240 g/mol. The number of hydrogen-bond donors (Lipinski definition) is 1. The number of sulfone groups is 1. The van der Waals surface area contributed by atoms with E-state index in [4.69, 9.17) is 0 Å². The zero-order chi connectivity index (χ0) is 12.0. The Labute approximate surface area is 96.0 Å². The Morgan fingerprint density at radius 1 is 1.38 bits per heavy atom. The molecule has 2 rings (SSSR count). The molecule has 0 unspecified atom stereocenters. The molecule has 3 nitrogen and oxygen atoms in total. The molecule has 0 bridgehead atoms. The summed E-state index contributed by atoms with van der Waals surface area (Å²) in [5.41, 5.74) is 1.07. The summed E-state index contributed by atoms with van der Waals surface area (Å²) in [5.74, 6) is 0. The third-order valence-corrected chi connectivity index (χ3v) is 4.25. The Morgan fingerprint density at radius 3 is 2.50 bits per heavy atom. The molecule has 1 fully saturated rings. The maximum atomic E-state index is 11.5. The van der Waals surface area contributed by atoms with Crippen LogP contribution in [0.5, 0.6) is 0 Å². The van der Waals surface area contributed by atoms with E-state index in [-0.39, 0.29) is 0 Å². The van der Waals surface area contributed by atoms with Gasteiger partial charge >= 0.3 is 0 Å². The van der Waals surface area contributed by atoms with Gasteiger partial charge in [-0.05, 0) is 37.0 Å². The molecule has 0 saturated heterocycles. The van der Waals surface area contributed by atoms with Crippen molar-refractivity contribution in [3.05, 3.63) is 29.3 Å². The fraction of sp³-hybridized carbons (Fsp3) is 0.500. The van der Waals surface area contributed by atoms with Gasteiger partial charge in [0.1, 0.15) is 0 Å². The van der Waals surface area contributed by atoms with Crippen LogP contribution in [-0.4, -0.2) is 25.4 Å². The van der Waals surface area contributed by atoms with Crippen molar-refractivity contribution >= 4 is 9.84 Å². The van der Waals surface area contributed by atoms with Crippen molar-refractivity contribution in [1.82, 2.24) is 0 Å². The summed E-state index contributed by atoms with van der Waals surface area (Å²) in [5, 5.41) is 9.80. The minimum atomic E-state index is -3.17. The Bertz CT molecular complexity index is 513. The Balaban J connectivity index is 2.36. The van der Waals surface area contributed by atoms with Gasteiger partial charge in [0, 0.05) is 12.7 Å². The van der Waals surface area contributed by atoms with Crippen LogP contribution in [0.15, 0.2) is 23.1 Å². The monoisotopic (exact) mass is 240 g/mol. The van der Waals surface area contributed by atoms with Crippen LogP contribution in [0, 0.1) is 6.92 Å². The molecule has 1 N–H and O–H groups in total. The molecular weight excluding hydrogens is 224 g/mol. The largest absolute Gasteiger partial charge is 0.390 e. The summed E-state index contributed by atoms with van der Waals surface area (Å²) in [7, 11) is -3.17. The predicted octanol–water partition coefficient (Wildman–Crippen LogP) is 1.47. The molecule has 0 radical (unpaired) electrons. The van der Waals surface area contributed by atoms with E-state index in [1.54, 1.807) is 19.1 Å². The molecule has 1 aromatic rings. The highest BCUT2D eigenvalue weighted by Crippen LogP contribution is 2.38. The normalized spacial score (nSPS) is 18.4. The van der Waals surface area contributed by atoms with Crippen molar-refractivity contribution < 1.29 is 13.5 Å². The average Bonchev–Trinajstić information content (AvgIpc) is 2.85. The number of rotatable bonds is 3. The van der Waals surface area contributed by atoms with Gasteiger partial charge < -0.3 is 5.11 Å². The summed E-state index contributed by atoms with van der Waals surface area (Å²) >= 11 is 0. The number of aryl methyl sites for hydroxylation is 1. The zero-order valence-corrected chi connectivity index (χ0v) is 10.3. The highest BCUT2D eigenvalue weighted by molar-refractivity contribution is 7.90. The van der Waals surface area contributed by atoms with E-state index in [0.717, 1.165) is 24.0 Å². The molecule has 0 heterocycles. The van der Waals surface area contributed by atoms with Gasteiger partial charge in [-0.25, -0.2) is 8.42 Å². The highest BCUT2D eigenvalue weighted by atomic mass is 32.2. The van der Waals surface area contributed by atoms with E-state index in [2.05, 4.69) is 0 Å². The van der Waals surface area contributed by atoms with Gasteiger partial charge in [-0.2, -0.15) is 0 Å². The summed E-state index contributed by atoms with van der Waals surface area (Å²) in [6.07, 6.45) is 3.39. The number of benzene rings is 1. The van der Waals surface area contributed by atoms with E-state index >= 15 is 0 Å². The molecule has 16 heavy (non-hydrogen) atoms. The van der Waals surface area contributed by atoms with Gasteiger partial charge in [-0.3, -0.25) is 0 Å². The lowest BCUT2D eigenvalue weighted by molar-refractivity contribution is 0.151. The molecule has 1 saturated carbocycles. The number of hydrogen-bond acceptors (Lipinski definition) is 3. The SMILES string of the molecule is Cc1ccc(CC2(O)CC2)cc1S(C)(=O)=O. The summed E-state index contributed by atoms with van der Waals surface area (Å²) in [4.78, 5) is 0.370. The molecule has 0 aromatic heterocycles. The second-order valence-corrected chi connectivity index (χ2v) is 6.76. The first-order valence-corrected chi connectivity index (χ1v) is 7.21. The van der Waals surface area contributed by atoms with Crippen molar-refractivity contribution in [2.75, 3.05) is 6.26 Å². The van der Waals surface area contributed by atoms with E-state index in [0.29, 0.717) is 11.3 Å². The molecule has 0 atom stereocenters. The van der Waals surface area contributed by atoms with E-state index in [1.165, 1.54) is 6.26 Å². The van der Waals surface area contributed by atoms with Gasteiger partial charge in [-0.15, -0.1) is 0 Å². The van der Waals surface area contributed by atoms with Crippen LogP contribution in [0.4, 0.5) is 0 Å². The van der Waals surface area contributed by atoms with Gasteiger partial charge in [0.15, 0.2) is 9.84 Å². The molecule has 0 spiro atoms. The minimum absolute atomic E-state index is 0.370. The first-order valence-electron chi connectivity index (χ1n) is 5.32. The van der Waals surface area contributed by atoms with Crippen LogP contribution in [0.3, 0.4) is 0 Å². The van der Waals surface area contributed by atoms with E-state index in [9.17, 15) is 13.5 Å². The van der Waals surface area contributed by atoms with E-state index < -0.39 is 15.4 Å². The fourth-order valence-corrected chi connectivity index (χ4v) is 2.87. The molecule has 1 aliphatic rings. The molecule has 1 aromatic carbocycles. The first kappa shape index (κ1) is 11.6. The fourth-order valence-electron chi connectivity index (χ4n) is 1.85. The highest BCUT2D eigenvalue weighted by Gasteiger charge is 2.40. The third kappa shape index (κ3) is 2.44. The van der Waals surface area contributed by atoms with Crippen LogP contribution in [0.25, 0.3) is 0 Å². The minimum Gasteiger partial charge on any atom is -0.390 e. The van der Waals surface area contributed by atoms with Crippen molar-refractivity contribution in [3.8, 4) is 0 Å². The van der Waals surface area contributed by atoms with E-state index in [1.807, 2.05) is 6.07 Å². The summed E-state index contributed by atoms with van der Waals surface area (Å²) in [6, 6.07) is 5.37. The van der Waals surface area contributed by atoms with Crippen molar-refractivity contribution in [3.63, 3.8) is 0 Å². The maximum Gasteiger partial charge on any atom is 0.175 e. The van der Waals surface area contributed by atoms with Crippen LogP contribution in [0.2, 0.25) is 0 Å². The van der Waals surface area contributed by atoms with Crippen LogP contribution < -0.4 is 0 Å². The zero-order valence-electron chi connectivity index (χ0n) is 9.53. The Hall–Kier alpha value is -0.870. The molecule has 1 aliphatic carbocycles. The smallest absolute Gasteiger partial charge is 0.175 e. The summed E-state index contributed by atoms with van der Waals surface area (Å²) < 4.78 is 23.0. The molecule has 0 aliphatic heterocycles. The molecule has 0 amide bonds.